The summed E-state index contributed by atoms with van der Waals surface area (Å²) in [6.45, 7) is 1.06. The highest BCUT2D eigenvalue weighted by Gasteiger charge is 2.07. The van der Waals surface area contributed by atoms with Gasteiger partial charge in [0, 0.05) is 25.7 Å². The average molecular weight is 342 g/mol. The summed E-state index contributed by atoms with van der Waals surface area (Å²) < 4.78 is 15.9. The number of carboxylic acid groups (broad SMARTS) is 1. The van der Waals surface area contributed by atoms with Gasteiger partial charge in [0.2, 0.25) is 0 Å². The summed E-state index contributed by atoms with van der Waals surface area (Å²) in [5.41, 5.74) is 1.84. The monoisotopic (exact) mass is 342 g/mol. The fraction of sp³-hybridized carbons (Fsp3) is 0.250. The molecule has 5 heteroatoms. The zero-order valence-electron chi connectivity index (χ0n) is 14.4. The fourth-order valence-electron chi connectivity index (χ4n) is 2.31. The minimum absolute atomic E-state index is 0.184. The largest absolute Gasteiger partial charge is 0.496 e. The Balaban J connectivity index is 2.22. The van der Waals surface area contributed by atoms with Crippen molar-refractivity contribution in [2.75, 3.05) is 27.4 Å². The van der Waals surface area contributed by atoms with Crippen LogP contribution in [0.3, 0.4) is 0 Å². The van der Waals surface area contributed by atoms with Crippen molar-refractivity contribution in [2.45, 2.75) is 6.42 Å². The lowest BCUT2D eigenvalue weighted by molar-refractivity contribution is 0.0696. The molecule has 132 valence electrons. The number of ether oxygens (including phenoxy) is 3. The first kappa shape index (κ1) is 18.5. The lowest BCUT2D eigenvalue weighted by Crippen LogP contribution is -2.03. The van der Waals surface area contributed by atoms with E-state index in [1.165, 1.54) is 6.07 Å². The van der Waals surface area contributed by atoms with Gasteiger partial charge in [-0.3, -0.25) is 0 Å². The summed E-state index contributed by atoms with van der Waals surface area (Å²) in [5, 5.41) is 9.29. The summed E-state index contributed by atoms with van der Waals surface area (Å²) in [6, 6.07) is 12.6. The van der Waals surface area contributed by atoms with Gasteiger partial charge in [0.1, 0.15) is 11.5 Å². The quantitative estimate of drug-likeness (QED) is 0.551. The second kappa shape index (κ2) is 9.49. The number of methoxy groups -OCH3 is 2. The predicted molar refractivity (Wildman–Crippen MR) is 97.3 cm³/mol. The van der Waals surface area contributed by atoms with Gasteiger partial charge < -0.3 is 19.3 Å². The van der Waals surface area contributed by atoms with E-state index in [-0.39, 0.29) is 5.56 Å². The molecule has 25 heavy (non-hydrogen) atoms. The van der Waals surface area contributed by atoms with Gasteiger partial charge in [0.05, 0.1) is 19.3 Å². The Morgan fingerprint density at radius 2 is 1.88 bits per heavy atom. The van der Waals surface area contributed by atoms with Crippen LogP contribution in [0.1, 0.15) is 27.9 Å². The highest BCUT2D eigenvalue weighted by Crippen LogP contribution is 2.23. The Morgan fingerprint density at radius 1 is 1.08 bits per heavy atom. The maximum atomic E-state index is 11.3. The van der Waals surface area contributed by atoms with Crippen LogP contribution in [-0.2, 0) is 4.74 Å². The van der Waals surface area contributed by atoms with Crippen LogP contribution in [-0.4, -0.2) is 38.5 Å². The molecule has 1 N–H and O–H groups in total. The van der Waals surface area contributed by atoms with E-state index in [4.69, 9.17) is 14.2 Å². The minimum atomic E-state index is -0.991. The van der Waals surface area contributed by atoms with Gasteiger partial charge in [-0.15, -0.1) is 0 Å². The van der Waals surface area contributed by atoms with Crippen molar-refractivity contribution in [2.24, 2.45) is 0 Å². The van der Waals surface area contributed by atoms with E-state index in [1.54, 1.807) is 20.3 Å². The first-order valence-corrected chi connectivity index (χ1v) is 7.95. The lowest BCUT2D eigenvalue weighted by atomic mass is 10.1. The number of rotatable bonds is 9. The molecular weight excluding hydrogens is 320 g/mol. The van der Waals surface area contributed by atoms with Gasteiger partial charge in [-0.05, 0) is 29.8 Å². The van der Waals surface area contributed by atoms with E-state index >= 15 is 0 Å². The molecule has 0 aliphatic carbocycles. The number of carboxylic acids is 1. The van der Waals surface area contributed by atoms with Crippen molar-refractivity contribution < 1.29 is 24.1 Å². The van der Waals surface area contributed by atoms with Gasteiger partial charge in [-0.1, -0.05) is 30.4 Å². The maximum Gasteiger partial charge on any atom is 0.335 e. The van der Waals surface area contributed by atoms with Crippen molar-refractivity contribution in [3.05, 3.63) is 59.2 Å². The first-order chi connectivity index (χ1) is 12.1. The molecule has 0 saturated heterocycles. The minimum Gasteiger partial charge on any atom is -0.496 e. The van der Waals surface area contributed by atoms with E-state index in [1.807, 2.05) is 42.5 Å². The second-order valence-corrected chi connectivity index (χ2v) is 5.37. The van der Waals surface area contributed by atoms with Crippen molar-refractivity contribution in [3.8, 4) is 11.5 Å². The highest BCUT2D eigenvalue weighted by atomic mass is 16.5. The Labute approximate surface area is 147 Å². The molecule has 0 unspecified atom stereocenters. The summed E-state index contributed by atoms with van der Waals surface area (Å²) in [5.74, 6) is 0.286. The molecule has 2 aromatic carbocycles. The van der Waals surface area contributed by atoms with E-state index in [9.17, 15) is 9.90 Å². The third-order valence-corrected chi connectivity index (χ3v) is 3.53. The van der Waals surface area contributed by atoms with Gasteiger partial charge in [0.15, 0.2) is 0 Å². The molecule has 0 amide bonds. The Morgan fingerprint density at radius 3 is 2.60 bits per heavy atom. The number of carbonyl (C=O) groups is 1. The van der Waals surface area contributed by atoms with Crippen LogP contribution in [0.4, 0.5) is 0 Å². The van der Waals surface area contributed by atoms with E-state index in [0.717, 1.165) is 23.3 Å². The van der Waals surface area contributed by atoms with E-state index < -0.39 is 5.97 Å². The number of hydrogen-bond acceptors (Lipinski definition) is 4. The average Bonchev–Trinajstić information content (AvgIpc) is 2.63. The Kier molecular flexibility index (Phi) is 7.04. The third-order valence-electron chi connectivity index (χ3n) is 3.53. The number of benzene rings is 2. The summed E-state index contributed by atoms with van der Waals surface area (Å²) in [6.07, 6.45) is 4.46. The van der Waals surface area contributed by atoms with Crippen LogP contribution in [0, 0.1) is 0 Å². The lowest BCUT2D eigenvalue weighted by Gasteiger charge is -2.08. The maximum absolute atomic E-state index is 11.3. The zero-order valence-corrected chi connectivity index (χ0v) is 14.4. The van der Waals surface area contributed by atoms with Gasteiger partial charge >= 0.3 is 5.97 Å². The molecule has 0 bridgehead atoms. The molecule has 0 saturated carbocycles. The normalized spacial score (nSPS) is 10.8. The topological polar surface area (TPSA) is 65.0 Å². The van der Waals surface area contributed by atoms with Gasteiger partial charge in [-0.2, -0.15) is 0 Å². The second-order valence-electron chi connectivity index (χ2n) is 5.37. The van der Waals surface area contributed by atoms with Gasteiger partial charge in [0.25, 0.3) is 0 Å². The molecule has 0 aliphatic rings. The van der Waals surface area contributed by atoms with E-state index in [0.29, 0.717) is 19.0 Å². The van der Waals surface area contributed by atoms with Crippen LogP contribution in [0.5, 0.6) is 11.5 Å². The SMILES string of the molecule is COCCCOc1cc(C=Cc2ccccc2OC)cc(C(=O)O)c1. The summed E-state index contributed by atoms with van der Waals surface area (Å²) >= 11 is 0. The fourth-order valence-corrected chi connectivity index (χ4v) is 2.31. The number of hydrogen-bond donors (Lipinski definition) is 1. The zero-order chi connectivity index (χ0) is 18.1. The Bertz CT molecular complexity index is 737. The third kappa shape index (κ3) is 5.65. The summed E-state index contributed by atoms with van der Waals surface area (Å²) in [7, 11) is 3.25. The van der Waals surface area contributed by atoms with Crippen molar-refractivity contribution in [3.63, 3.8) is 0 Å². The molecule has 0 spiro atoms. The first-order valence-electron chi connectivity index (χ1n) is 7.95. The van der Waals surface area contributed by atoms with Crippen LogP contribution in [0.2, 0.25) is 0 Å². The molecule has 5 nitrogen and oxygen atoms in total. The molecule has 0 atom stereocenters. The molecule has 0 aliphatic heterocycles. The standard InChI is InChI=1S/C20H22O5/c1-23-10-5-11-25-18-13-15(12-17(14-18)20(21)22)8-9-16-6-3-4-7-19(16)24-2/h3-4,6-9,12-14H,5,10-11H2,1-2H3,(H,21,22). The summed E-state index contributed by atoms with van der Waals surface area (Å²) in [4.78, 5) is 11.3. The number of para-hydroxylation sites is 1. The van der Waals surface area contributed by atoms with Crippen LogP contribution in [0.15, 0.2) is 42.5 Å². The van der Waals surface area contributed by atoms with Crippen molar-refractivity contribution >= 4 is 18.1 Å². The molecular formula is C20H22O5. The molecule has 0 heterocycles. The number of aromatic carboxylic acids is 1. The van der Waals surface area contributed by atoms with Crippen LogP contribution >= 0.6 is 0 Å². The molecule has 2 rings (SSSR count). The van der Waals surface area contributed by atoms with Crippen molar-refractivity contribution in [1.29, 1.82) is 0 Å². The molecule has 0 aromatic heterocycles. The van der Waals surface area contributed by atoms with Crippen LogP contribution in [0.25, 0.3) is 12.2 Å². The van der Waals surface area contributed by atoms with Crippen LogP contribution < -0.4 is 9.47 Å². The van der Waals surface area contributed by atoms with Gasteiger partial charge in [-0.25, -0.2) is 4.79 Å². The molecule has 0 fully saturated rings. The molecule has 2 aromatic rings. The smallest absolute Gasteiger partial charge is 0.335 e. The predicted octanol–water partition coefficient (Wildman–Crippen LogP) is 3.98. The highest BCUT2D eigenvalue weighted by molar-refractivity contribution is 5.89. The Hall–Kier alpha value is -2.79. The van der Waals surface area contributed by atoms with E-state index in [2.05, 4.69) is 0 Å². The molecule has 0 radical (unpaired) electrons. The van der Waals surface area contributed by atoms with Crippen molar-refractivity contribution in [1.82, 2.24) is 0 Å².